The van der Waals surface area contributed by atoms with Crippen LogP contribution in [-0.2, 0) is 4.74 Å². The molecule has 0 fully saturated rings. The number of rotatable bonds is 5. The Morgan fingerprint density at radius 2 is 2.00 bits per heavy atom. The van der Waals surface area contributed by atoms with E-state index in [1.165, 1.54) is 12.1 Å². The van der Waals surface area contributed by atoms with Gasteiger partial charge < -0.3 is 10.1 Å². The summed E-state index contributed by atoms with van der Waals surface area (Å²) < 4.78 is 5.21. The van der Waals surface area contributed by atoms with Gasteiger partial charge in [-0.2, -0.15) is 0 Å². The summed E-state index contributed by atoms with van der Waals surface area (Å²) in [5, 5.41) is 13.4. The average Bonchev–Trinajstić information content (AvgIpc) is 2.36. The molecular weight excluding hydrogens is 272 g/mol. The molecule has 0 spiro atoms. The molecule has 6 nitrogen and oxygen atoms in total. The highest BCUT2D eigenvalue weighted by atomic mass is 16.6. The number of nitro benzene ring substituents is 1. The first-order valence-corrected chi connectivity index (χ1v) is 6.57. The van der Waals surface area contributed by atoms with Crippen molar-refractivity contribution < 1.29 is 14.5 Å². The molecule has 1 rings (SSSR count). The molecule has 0 aliphatic carbocycles. The lowest BCUT2D eigenvalue weighted by atomic mass is 10.0. The predicted molar refractivity (Wildman–Crippen MR) is 80.0 cm³/mol. The molecule has 21 heavy (non-hydrogen) atoms. The van der Waals surface area contributed by atoms with Gasteiger partial charge in [-0.1, -0.05) is 18.2 Å². The Morgan fingerprint density at radius 1 is 1.43 bits per heavy atom. The van der Waals surface area contributed by atoms with Gasteiger partial charge in [-0.15, -0.1) is 6.58 Å². The molecular formula is C15H20N2O4. The second kappa shape index (κ2) is 6.88. The Bertz CT molecular complexity index is 517. The van der Waals surface area contributed by atoms with Crippen LogP contribution in [-0.4, -0.2) is 16.6 Å². The van der Waals surface area contributed by atoms with Gasteiger partial charge in [0.1, 0.15) is 5.60 Å². The van der Waals surface area contributed by atoms with Gasteiger partial charge in [0.2, 0.25) is 0 Å². The standard InChI is InChI=1S/C15H20N2O4/c1-5-6-13(16-14(18)21-15(2,3)4)11-7-9-12(10-8-11)17(19)20/h5,7-10,13H,1,6H2,2-4H3,(H,16,18). The van der Waals surface area contributed by atoms with Gasteiger partial charge in [-0.3, -0.25) is 10.1 Å². The number of carbonyl (C=O) groups excluding carboxylic acids is 1. The fraction of sp³-hybridized carbons (Fsp3) is 0.400. The largest absolute Gasteiger partial charge is 0.444 e. The number of nitro groups is 1. The number of alkyl carbamates (subject to hydrolysis) is 1. The third kappa shape index (κ3) is 5.64. The minimum atomic E-state index is -0.585. The Labute approximate surface area is 124 Å². The van der Waals surface area contributed by atoms with Crippen LogP contribution >= 0.6 is 0 Å². The van der Waals surface area contributed by atoms with E-state index in [4.69, 9.17) is 4.74 Å². The van der Waals surface area contributed by atoms with E-state index in [1.807, 2.05) is 0 Å². The number of nitrogens with one attached hydrogen (secondary N) is 1. The highest BCUT2D eigenvalue weighted by molar-refractivity contribution is 5.68. The zero-order valence-corrected chi connectivity index (χ0v) is 12.5. The first-order valence-electron chi connectivity index (χ1n) is 6.57. The van der Waals surface area contributed by atoms with Gasteiger partial charge in [0.05, 0.1) is 11.0 Å². The molecule has 114 valence electrons. The fourth-order valence-electron chi connectivity index (χ4n) is 1.72. The summed E-state index contributed by atoms with van der Waals surface area (Å²) >= 11 is 0. The summed E-state index contributed by atoms with van der Waals surface area (Å²) in [6, 6.07) is 5.70. The lowest BCUT2D eigenvalue weighted by Gasteiger charge is -2.23. The number of carbonyl (C=O) groups is 1. The summed E-state index contributed by atoms with van der Waals surface area (Å²) in [6.45, 7) is 8.99. The predicted octanol–water partition coefficient (Wildman–Crippen LogP) is 3.74. The van der Waals surface area contributed by atoms with E-state index in [9.17, 15) is 14.9 Å². The van der Waals surface area contributed by atoms with Crippen LogP contribution in [0.15, 0.2) is 36.9 Å². The zero-order valence-electron chi connectivity index (χ0n) is 12.5. The first kappa shape index (κ1) is 16.7. The van der Waals surface area contributed by atoms with Crippen molar-refractivity contribution in [1.29, 1.82) is 0 Å². The third-order valence-corrected chi connectivity index (χ3v) is 2.60. The lowest BCUT2D eigenvalue weighted by molar-refractivity contribution is -0.384. The van der Waals surface area contributed by atoms with Crippen molar-refractivity contribution in [1.82, 2.24) is 5.32 Å². The molecule has 0 bridgehead atoms. The Balaban J connectivity index is 2.83. The molecule has 1 atom stereocenters. The lowest BCUT2D eigenvalue weighted by Crippen LogP contribution is -2.34. The van der Waals surface area contributed by atoms with Gasteiger partial charge in [0.25, 0.3) is 5.69 Å². The van der Waals surface area contributed by atoms with E-state index < -0.39 is 16.6 Å². The van der Waals surface area contributed by atoms with Crippen LogP contribution in [0.5, 0.6) is 0 Å². The van der Waals surface area contributed by atoms with Crippen LogP contribution in [0.1, 0.15) is 38.8 Å². The van der Waals surface area contributed by atoms with Crippen LogP contribution < -0.4 is 5.32 Å². The van der Waals surface area contributed by atoms with E-state index in [0.29, 0.717) is 6.42 Å². The zero-order chi connectivity index (χ0) is 16.0. The first-order chi connectivity index (χ1) is 9.73. The minimum absolute atomic E-state index is 0.00775. The molecule has 0 saturated heterocycles. The van der Waals surface area contributed by atoms with Crippen LogP contribution in [0.3, 0.4) is 0 Å². The molecule has 1 aromatic rings. The molecule has 0 aliphatic heterocycles. The maximum absolute atomic E-state index is 11.8. The maximum atomic E-state index is 11.8. The molecule has 0 aliphatic rings. The van der Waals surface area contributed by atoms with Crippen LogP contribution in [0.4, 0.5) is 10.5 Å². The summed E-state index contributed by atoms with van der Waals surface area (Å²) in [5.41, 5.74) is 0.179. The van der Waals surface area contributed by atoms with Gasteiger partial charge in [-0.05, 0) is 32.8 Å². The molecule has 0 aromatic heterocycles. The van der Waals surface area contributed by atoms with Gasteiger partial charge in [0.15, 0.2) is 0 Å². The quantitative estimate of drug-likeness (QED) is 0.509. The van der Waals surface area contributed by atoms with Crippen LogP contribution in [0, 0.1) is 10.1 Å². The normalized spacial score (nSPS) is 12.3. The van der Waals surface area contributed by atoms with E-state index in [1.54, 1.807) is 39.0 Å². The maximum Gasteiger partial charge on any atom is 0.408 e. The van der Waals surface area contributed by atoms with E-state index >= 15 is 0 Å². The average molecular weight is 292 g/mol. The Kier molecular flexibility index (Phi) is 5.46. The number of hydrogen-bond acceptors (Lipinski definition) is 4. The van der Waals surface area contributed by atoms with Crippen molar-refractivity contribution in [2.75, 3.05) is 0 Å². The molecule has 1 N–H and O–H groups in total. The van der Waals surface area contributed by atoms with Crippen LogP contribution in [0.25, 0.3) is 0 Å². The third-order valence-electron chi connectivity index (χ3n) is 2.60. The number of nitrogens with zero attached hydrogens (tertiary/aromatic N) is 1. The number of ether oxygens (including phenoxy) is 1. The van der Waals surface area contributed by atoms with Crippen molar-refractivity contribution in [2.24, 2.45) is 0 Å². The molecule has 1 amide bonds. The van der Waals surface area contributed by atoms with Crippen molar-refractivity contribution in [3.63, 3.8) is 0 Å². The summed E-state index contributed by atoms with van der Waals surface area (Å²) in [4.78, 5) is 22.0. The molecule has 1 aromatic carbocycles. The van der Waals surface area contributed by atoms with Crippen molar-refractivity contribution in [3.8, 4) is 0 Å². The number of benzene rings is 1. The second-order valence-electron chi connectivity index (χ2n) is 5.57. The highest BCUT2D eigenvalue weighted by Crippen LogP contribution is 2.21. The SMILES string of the molecule is C=CCC(NC(=O)OC(C)(C)C)c1ccc([N+](=O)[O-])cc1. The number of hydrogen-bond donors (Lipinski definition) is 1. The van der Waals surface area contributed by atoms with Crippen molar-refractivity contribution in [3.05, 3.63) is 52.6 Å². The van der Waals surface area contributed by atoms with Crippen LogP contribution in [0.2, 0.25) is 0 Å². The van der Waals surface area contributed by atoms with Crippen molar-refractivity contribution >= 4 is 11.8 Å². The number of non-ortho nitro benzene ring substituents is 1. The molecule has 0 heterocycles. The highest BCUT2D eigenvalue weighted by Gasteiger charge is 2.20. The smallest absolute Gasteiger partial charge is 0.408 e. The topological polar surface area (TPSA) is 81.5 Å². The minimum Gasteiger partial charge on any atom is -0.444 e. The van der Waals surface area contributed by atoms with E-state index in [0.717, 1.165) is 5.56 Å². The van der Waals surface area contributed by atoms with Gasteiger partial charge >= 0.3 is 6.09 Å². The van der Waals surface area contributed by atoms with Crippen molar-refractivity contribution in [2.45, 2.75) is 38.8 Å². The summed E-state index contributed by atoms with van der Waals surface area (Å²) in [7, 11) is 0. The Hall–Kier alpha value is -2.37. The monoisotopic (exact) mass is 292 g/mol. The molecule has 6 heteroatoms. The summed E-state index contributed by atoms with van der Waals surface area (Å²) in [5.74, 6) is 0. The fourth-order valence-corrected chi connectivity index (χ4v) is 1.72. The molecule has 0 radical (unpaired) electrons. The second-order valence-corrected chi connectivity index (χ2v) is 5.57. The van der Waals surface area contributed by atoms with E-state index in [-0.39, 0.29) is 11.7 Å². The molecule has 1 unspecified atom stereocenters. The summed E-state index contributed by atoms with van der Waals surface area (Å²) in [6.07, 6.45) is 1.63. The van der Waals surface area contributed by atoms with Gasteiger partial charge in [0, 0.05) is 12.1 Å². The molecule has 0 saturated carbocycles. The number of amides is 1. The van der Waals surface area contributed by atoms with E-state index in [2.05, 4.69) is 11.9 Å². The van der Waals surface area contributed by atoms with Gasteiger partial charge in [-0.25, -0.2) is 4.79 Å². The Morgan fingerprint density at radius 3 is 2.43 bits per heavy atom.